The van der Waals surface area contributed by atoms with Crippen LogP contribution in [0, 0.1) is 0 Å². The highest BCUT2D eigenvalue weighted by atomic mass is 16.6. The Bertz CT molecular complexity index is 1010. The van der Waals surface area contributed by atoms with Crippen LogP contribution in [0.1, 0.15) is 74.4 Å². The van der Waals surface area contributed by atoms with Gasteiger partial charge in [0, 0.05) is 11.6 Å². The van der Waals surface area contributed by atoms with Crippen LogP contribution in [-0.4, -0.2) is 42.8 Å². The highest BCUT2D eigenvalue weighted by Gasteiger charge is 2.30. The number of fused-ring (bicyclic) bond motifs is 1. The van der Waals surface area contributed by atoms with E-state index in [2.05, 4.69) is 6.92 Å². The number of Topliss-reactive ketones (excluding diaryl/α,β-unsaturated/α-hetero) is 1. The lowest BCUT2D eigenvalue weighted by Gasteiger charge is -2.27. The molecule has 7 nitrogen and oxygen atoms in total. The summed E-state index contributed by atoms with van der Waals surface area (Å²) < 4.78 is 23.0. The number of carbonyl (C=O) groups excluding carboxylic acids is 2. The summed E-state index contributed by atoms with van der Waals surface area (Å²) in [6, 6.07) is 8.79. The first kappa shape index (κ1) is 26.4. The molecule has 190 valence electrons. The molecule has 3 rings (SSSR count). The maximum absolute atomic E-state index is 12.2. The number of carbonyl (C=O) groups is 2. The minimum absolute atomic E-state index is 0.0612. The van der Waals surface area contributed by atoms with Crippen LogP contribution in [0.4, 0.5) is 0 Å². The van der Waals surface area contributed by atoms with Gasteiger partial charge < -0.3 is 24.1 Å². The predicted molar refractivity (Wildman–Crippen MR) is 133 cm³/mol. The molecule has 0 aliphatic carbocycles. The lowest BCUT2D eigenvalue weighted by atomic mass is 9.96. The zero-order valence-corrected chi connectivity index (χ0v) is 20.9. The van der Waals surface area contributed by atoms with Gasteiger partial charge in [0.15, 0.2) is 11.9 Å². The van der Waals surface area contributed by atoms with Crippen LogP contribution in [0.2, 0.25) is 0 Å². The molecule has 1 unspecified atom stereocenters. The second-order valence-electron chi connectivity index (χ2n) is 8.67. The molecule has 0 radical (unpaired) electrons. The predicted octanol–water partition coefficient (Wildman–Crippen LogP) is 5.43. The molecule has 0 amide bonds. The molecule has 0 saturated carbocycles. The second kappa shape index (κ2) is 13.0. The van der Waals surface area contributed by atoms with Gasteiger partial charge in [-0.1, -0.05) is 19.4 Å². The molecule has 0 saturated heterocycles. The Morgan fingerprint density at radius 3 is 2.51 bits per heavy atom. The quantitative estimate of drug-likeness (QED) is 0.230. The molecule has 0 fully saturated rings. The normalized spacial score (nSPS) is 14.5. The van der Waals surface area contributed by atoms with Gasteiger partial charge in [-0.05, 0) is 76.1 Å². The Kier molecular flexibility index (Phi) is 9.82. The molecule has 2 aromatic rings. The van der Waals surface area contributed by atoms with Crippen molar-refractivity contribution >= 4 is 11.8 Å². The van der Waals surface area contributed by atoms with Crippen molar-refractivity contribution < 1.29 is 33.6 Å². The van der Waals surface area contributed by atoms with Gasteiger partial charge in [0.2, 0.25) is 0 Å². The highest BCUT2D eigenvalue weighted by Crippen LogP contribution is 2.38. The summed E-state index contributed by atoms with van der Waals surface area (Å²) in [6.07, 6.45) is 5.24. The molecule has 0 spiro atoms. The average Bonchev–Trinajstić information content (AvgIpc) is 2.84. The van der Waals surface area contributed by atoms with E-state index in [-0.39, 0.29) is 17.5 Å². The van der Waals surface area contributed by atoms with E-state index in [1.165, 1.54) is 13.0 Å². The van der Waals surface area contributed by atoms with E-state index >= 15 is 0 Å². The summed E-state index contributed by atoms with van der Waals surface area (Å²) in [5, 5.41) is 9.89. The number of benzene rings is 2. The average molecular weight is 485 g/mol. The fraction of sp³-hybridized carbons (Fsp3) is 0.500. The van der Waals surface area contributed by atoms with Crippen molar-refractivity contribution in [3.8, 4) is 23.0 Å². The summed E-state index contributed by atoms with van der Waals surface area (Å²) in [4.78, 5) is 23.6. The van der Waals surface area contributed by atoms with Gasteiger partial charge in [0.25, 0.3) is 0 Å². The Hall–Kier alpha value is -3.22. The van der Waals surface area contributed by atoms with E-state index in [9.17, 15) is 14.7 Å². The van der Waals surface area contributed by atoms with E-state index in [1.807, 2.05) is 12.1 Å². The summed E-state index contributed by atoms with van der Waals surface area (Å²) in [5.41, 5.74) is 2.43. The number of phenols is 1. The lowest BCUT2D eigenvalue weighted by Crippen LogP contribution is -2.33. The van der Waals surface area contributed by atoms with Crippen molar-refractivity contribution in [2.45, 2.75) is 71.8 Å². The summed E-state index contributed by atoms with van der Waals surface area (Å²) in [6.45, 7) is 6.76. The van der Waals surface area contributed by atoms with Crippen LogP contribution in [0.5, 0.6) is 23.0 Å². The fourth-order valence-electron chi connectivity index (χ4n) is 4.16. The van der Waals surface area contributed by atoms with Gasteiger partial charge in [0.1, 0.15) is 23.0 Å². The standard InChI is InChI=1S/C28H36O7/c1-4-9-23-25(14-10-20-11-15-26(35-27(20)23)28(31)32-5-2)34-17-8-6-7-16-33-21-12-13-22(19(3)29)24(30)18-21/h10,12-14,18,26,30H,4-9,11,15-17H2,1-3H3. The van der Waals surface area contributed by atoms with Crippen molar-refractivity contribution in [3.63, 3.8) is 0 Å². The molecule has 2 aromatic carbocycles. The Balaban J connectivity index is 1.47. The van der Waals surface area contributed by atoms with Gasteiger partial charge in [-0.25, -0.2) is 4.79 Å². The first-order valence-corrected chi connectivity index (χ1v) is 12.5. The number of unbranched alkanes of at least 4 members (excludes halogenated alkanes) is 2. The van der Waals surface area contributed by atoms with Crippen molar-refractivity contribution in [1.29, 1.82) is 0 Å². The maximum Gasteiger partial charge on any atom is 0.347 e. The summed E-state index contributed by atoms with van der Waals surface area (Å²) in [5.74, 6) is 1.59. The van der Waals surface area contributed by atoms with Crippen molar-refractivity contribution in [1.82, 2.24) is 0 Å². The van der Waals surface area contributed by atoms with Gasteiger partial charge in [-0.2, -0.15) is 0 Å². The SMILES string of the molecule is CCCc1c(OCCCCCOc2ccc(C(C)=O)c(O)c2)ccc2c1OC(C(=O)OCC)CC2. The number of hydrogen-bond acceptors (Lipinski definition) is 7. The molecule has 35 heavy (non-hydrogen) atoms. The van der Waals surface area contributed by atoms with Gasteiger partial charge in [-0.3, -0.25) is 4.79 Å². The van der Waals surface area contributed by atoms with Crippen LogP contribution >= 0.6 is 0 Å². The third-order valence-electron chi connectivity index (χ3n) is 5.95. The number of phenolic OH excluding ortho intramolecular Hbond substituents is 1. The van der Waals surface area contributed by atoms with Crippen molar-refractivity contribution in [3.05, 3.63) is 47.0 Å². The number of hydrogen-bond donors (Lipinski definition) is 1. The first-order valence-electron chi connectivity index (χ1n) is 12.5. The number of rotatable bonds is 13. The van der Waals surface area contributed by atoms with Crippen molar-refractivity contribution in [2.24, 2.45) is 0 Å². The molecule has 1 atom stereocenters. The van der Waals surface area contributed by atoms with Crippen molar-refractivity contribution in [2.75, 3.05) is 19.8 Å². The van der Waals surface area contributed by atoms with Gasteiger partial charge in [0.05, 0.1) is 25.4 Å². The zero-order chi connectivity index (χ0) is 25.2. The van der Waals surface area contributed by atoms with E-state index < -0.39 is 6.10 Å². The fourth-order valence-corrected chi connectivity index (χ4v) is 4.16. The number of ketones is 1. The van der Waals surface area contributed by atoms with E-state index in [1.54, 1.807) is 19.1 Å². The van der Waals surface area contributed by atoms with E-state index in [4.69, 9.17) is 18.9 Å². The molecule has 7 heteroatoms. The molecule has 1 aliphatic rings. The molecule has 1 N–H and O–H groups in total. The minimum Gasteiger partial charge on any atom is -0.507 e. The van der Waals surface area contributed by atoms with Gasteiger partial charge >= 0.3 is 5.97 Å². The molecule has 0 bridgehead atoms. The van der Waals surface area contributed by atoms with E-state index in [0.717, 1.165) is 61.2 Å². The molecule has 0 aromatic heterocycles. The van der Waals surface area contributed by atoms with Crippen LogP contribution < -0.4 is 14.2 Å². The molecule has 1 heterocycles. The molecular weight excluding hydrogens is 448 g/mol. The maximum atomic E-state index is 12.2. The minimum atomic E-state index is -0.561. The first-order chi connectivity index (χ1) is 16.9. The smallest absolute Gasteiger partial charge is 0.347 e. The summed E-state index contributed by atoms with van der Waals surface area (Å²) in [7, 11) is 0. The Labute approximate surface area is 207 Å². The Morgan fingerprint density at radius 2 is 1.83 bits per heavy atom. The van der Waals surface area contributed by atoms with Crippen LogP contribution in [-0.2, 0) is 22.4 Å². The number of esters is 1. The third-order valence-corrected chi connectivity index (χ3v) is 5.95. The molecule has 1 aliphatic heterocycles. The largest absolute Gasteiger partial charge is 0.507 e. The Morgan fingerprint density at radius 1 is 1.06 bits per heavy atom. The highest BCUT2D eigenvalue weighted by molar-refractivity contribution is 5.96. The van der Waals surface area contributed by atoms with Crippen LogP contribution in [0.3, 0.4) is 0 Å². The van der Waals surface area contributed by atoms with Crippen LogP contribution in [0.15, 0.2) is 30.3 Å². The van der Waals surface area contributed by atoms with Gasteiger partial charge in [-0.15, -0.1) is 0 Å². The zero-order valence-electron chi connectivity index (χ0n) is 20.9. The monoisotopic (exact) mass is 484 g/mol. The number of aromatic hydroxyl groups is 1. The lowest BCUT2D eigenvalue weighted by molar-refractivity contribution is -0.152. The number of ether oxygens (including phenoxy) is 4. The number of aryl methyl sites for hydroxylation is 1. The third kappa shape index (κ3) is 7.13. The van der Waals surface area contributed by atoms with Crippen LogP contribution in [0.25, 0.3) is 0 Å². The van der Waals surface area contributed by atoms with E-state index in [0.29, 0.717) is 37.6 Å². The summed E-state index contributed by atoms with van der Waals surface area (Å²) >= 11 is 0. The topological polar surface area (TPSA) is 91.3 Å². The molecular formula is C28H36O7. The second-order valence-corrected chi connectivity index (χ2v) is 8.67.